The van der Waals surface area contributed by atoms with Gasteiger partial charge in [0.15, 0.2) is 11.5 Å². The molecule has 0 bridgehead atoms. The number of ether oxygens (including phenoxy) is 2. The number of hydrogen-bond acceptors (Lipinski definition) is 7. The molecule has 1 aromatic carbocycles. The van der Waals surface area contributed by atoms with Crippen molar-refractivity contribution >= 4 is 33.8 Å². The number of hydrogen-bond donors (Lipinski definition) is 2. The topological polar surface area (TPSA) is 104 Å². The second-order valence-corrected chi connectivity index (χ2v) is 9.64. The molecule has 2 aromatic rings. The summed E-state index contributed by atoms with van der Waals surface area (Å²) < 4.78 is 11.2. The molecule has 0 spiro atoms. The zero-order valence-electron chi connectivity index (χ0n) is 20.9. The molecule has 1 aliphatic rings. The number of likely N-dealkylation sites (N-methyl/N-ethyl adjacent to an activating group) is 1. The molecule has 35 heavy (non-hydrogen) atoms. The van der Waals surface area contributed by atoms with Crippen LogP contribution in [0.25, 0.3) is 0 Å². The lowest BCUT2D eigenvalue weighted by molar-refractivity contribution is -0.122. The average Bonchev–Trinajstić information content (AvgIpc) is 2.98. The number of anilines is 2. The molecule has 0 radical (unpaired) electrons. The first-order valence-electron chi connectivity index (χ1n) is 12.1. The number of nitriles is 1. The number of carbonyl (C=O) groups excluding carboxylic acids is 2. The van der Waals surface area contributed by atoms with E-state index < -0.39 is 6.04 Å². The summed E-state index contributed by atoms with van der Waals surface area (Å²) in [6.45, 7) is 6.55. The van der Waals surface area contributed by atoms with Crippen molar-refractivity contribution in [3.8, 4) is 17.6 Å². The maximum atomic E-state index is 12.9. The highest BCUT2D eigenvalue weighted by Gasteiger charge is 2.25. The summed E-state index contributed by atoms with van der Waals surface area (Å²) in [4.78, 5) is 28.5. The Morgan fingerprint density at radius 3 is 2.54 bits per heavy atom. The molecule has 3 rings (SSSR count). The van der Waals surface area contributed by atoms with Gasteiger partial charge in [0, 0.05) is 16.6 Å². The predicted octanol–water partition coefficient (Wildman–Crippen LogP) is 4.58. The van der Waals surface area contributed by atoms with E-state index in [1.54, 1.807) is 37.1 Å². The molecule has 0 aliphatic heterocycles. The quantitative estimate of drug-likeness (QED) is 0.465. The summed E-state index contributed by atoms with van der Waals surface area (Å²) in [6, 6.07) is 6.97. The SMILES string of the molecule is CCOc1ccc(NC(=O)CN(C)C(C)C(=O)Nc2sc3c(c2C#N)CCCCC3)cc1OCC. The van der Waals surface area contributed by atoms with Crippen molar-refractivity contribution in [3.05, 3.63) is 34.2 Å². The van der Waals surface area contributed by atoms with Gasteiger partial charge in [-0.1, -0.05) is 6.42 Å². The van der Waals surface area contributed by atoms with Crippen LogP contribution in [0.4, 0.5) is 10.7 Å². The Balaban J connectivity index is 1.60. The van der Waals surface area contributed by atoms with E-state index in [0.29, 0.717) is 41.0 Å². The third-order valence-corrected chi connectivity index (χ3v) is 7.24. The minimum Gasteiger partial charge on any atom is -0.490 e. The summed E-state index contributed by atoms with van der Waals surface area (Å²) in [5.41, 5.74) is 2.27. The fraction of sp³-hybridized carbons (Fsp3) is 0.500. The number of amides is 2. The summed E-state index contributed by atoms with van der Waals surface area (Å²) in [7, 11) is 1.72. The van der Waals surface area contributed by atoms with Crippen LogP contribution < -0.4 is 20.1 Å². The Bertz CT molecular complexity index is 1090. The molecule has 2 amide bonds. The van der Waals surface area contributed by atoms with Crippen LogP contribution in [-0.2, 0) is 22.4 Å². The van der Waals surface area contributed by atoms with E-state index in [1.807, 2.05) is 13.8 Å². The average molecular weight is 499 g/mol. The number of rotatable bonds is 10. The third kappa shape index (κ3) is 6.74. The molecule has 0 saturated heterocycles. The molecule has 188 valence electrons. The Hall–Kier alpha value is -3.09. The number of aryl methyl sites for hydroxylation is 1. The molecule has 1 heterocycles. The van der Waals surface area contributed by atoms with Crippen molar-refractivity contribution in [2.45, 2.75) is 58.9 Å². The zero-order valence-corrected chi connectivity index (χ0v) is 21.7. The fourth-order valence-electron chi connectivity index (χ4n) is 4.06. The van der Waals surface area contributed by atoms with Crippen LogP contribution in [-0.4, -0.2) is 49.6 Å². The summed E-state index contributed by atoms with van der Waals surface area (Å²) in [5, 5.41) is 16.1. The van der Waals surface area contributed by atoms with Crippen LogP contribution in [0.2, 0.25) is 0 Å². The van der Waals surface area contributed by atoms with Crippen LogP contribution in [0.3, 0.4) is 0 Å². The van der Waals surface area contributed by atoms with E-state index in [2.05, 4.69) is 16.7 Å². The summed E-state index contributed by atoms with van der Waals surface area (Å²) >= 11 is 1.51. The third-order valence-electron chi connectivity index (χ3n) is 6.03. The van der Waals surface area contributed by atoms with Crippen molar-refractivity contribution in [2.24, 2.45) is 0 Å². The predicted molar refractivity (Wildman–Crippen MR) is 138 cm³/mol. The number of nitrogens with one attached hydrogen (secondary N) is 2. The monoisotopic (exact) mass is 498 g/mol. The number of carbonyl (C=O) groups is 2. The van der Waals surface area contributed by atoms with Gasteiger partial charge < -0.3 is 20.1 Å². The van der Waals surface area contributed by atoms with Gasteiger partial charge in [0.2, 0.25) is 11.8 Å². The first kappa shape index (κ1) is 26.5. The normalized spacial score (nSPS) is 13.8. The lowest BCUT2D eigenvalue weighted by atomic mass is 10.1. The van der Waals surface area contributed by atoms with Gasteiger partial charge in [-0.25, -0.2) is 0 Å². The maximum Gasteiger partial charge on any atom is 0.242 e. The van der Waals surface area contributed by atoms with Crippen LogP contribution in [0, 0.1) is 11.3 Å². The highest BCUT2D eigenvalue weighted by molar-refractivity contribution is 7.16. The van der Waals surface area contributed by atoms with E-state index in [4.69, 9.17) is 9.47 Å². The van der Waals surface area contributed by atoms with Crippen molar-refractivity contribution in [1.82, 2.24) is 4.90 Å². The summed E-state index contributed by atoms with van der Waals surface area (Å²) in [5.74, 6) is 0.695. The molecular weight excluding hydrogens is 464 g/mol. The lowest BCUT2D eigenvalue weighted by Crippen LogP contribution is -2.43. The summed E-state index contributed by atoms with van der Waals surface area (Å²) in [6.07, 6.45) is 5.19. The lowest BCUT2D eigenvalue weighted by Gasteiger charge is -2.23. The molecule has 1 atom stereocenters. The van der Waals surface area contributed by atoms with Gasteiger partial charge in [0.25, 0.3) is 0 Å². The Kier molecular flexibility index (Phi) is 9.52. The minimum atomic E-state index is -0.562. The van der Waals surface area contributed by atoms with Gasteiger partial charge in [-0.15, -0.1) is 11.3 Å². The first-order valence-corrected chi connectivity index (χ1v) is 12.9. The van der Waals surface area contributed by atoms with Gasteiger partial charge in [0.05, 0.1) is 31.4 Å². The Morgan fingerprint density at radius 1 is 1.11 bits per heavy atom. The number of fused-ring (bicyclic) bond motifs is 1. The van der Waals surface area contributed by atoms with E-state index in [1.165, 1.54) is 22.6 Å². The van der Waals surface area contributed by atoms with E-state index >= 15 is 0 Å². The highest BCUT2D eigenvalue weighted by Crippen LogP contribution is 2.37. The molecular formula is C26H34N4O4S. The minimum absolute atomic E-state index is 0.0256. The van der Waals surface area contributed by atoms with Gasteiger partial charge in [-0.3, -0.25) is 14.5 Å². The standard InChI is InChI=1S/C26H34N4O4S/c1-5-33-21-13-12-18(14-22(21)34-6-2)28-24(31)16-30(4)17(3)25(32)29-26-20(15-27)19-10-8-7-9-11-23(19)35-26/h12-14,17H,5-11,16H2,1-4H3,(H,28,31)(H,29,32). The maximum absolute atomic E-state index is 12.9. The molecule has 0 saturated carbocycles. The zero-order chi connectivity index (χ0) is 25.4. The second kappa shape index (κ2) is 12.6. The molecule has 2 N–H and O–H groups in total. The van der Waals surface area contributed by atoms with Gasteiger partial charge >= 0.3 is 0 Å². The molecule has 9 heteroatoms. The number of nitrogens with zero attached hydrogens (tertiary/aromatic N) is 2. The Morgan fingerprint density at radius 2 is 1.83 bits per heavy atom. The van der Waals surface area contributed by atoms with E-state index in [9.17, 15) is 14.9 Å². The number of benzene rings is 1. The molecule has 0 fully saturated rings. The second-order valence-electron chi connectivity index (χ2n) is 8.54. The van der Waals surface area contributed by atoms with Gasteiger partial charge in [-0.2, -0.15) is 5.26 Å². The van der Waals surface area contributed by atoms with Crippen molar-refractivity contribution in [1.29, 1.82) is 5.26 Å². The molecule has 1 unspecified atom stereocenters. The van der Waals surface area contributed by atoms with Gasteiger partial charge in [0.1, 0.15) is 11.1 Å². The molecule has 1 aliphatic carbocycles. The van der Waals surface area contributed by atoms with E-state index in [-0.39, 0.29) is 18.4 Å². The van der Waals surface area contributed by atoms with Crippen LogP contribution >= 0.6 is 11.3 Å². The van der Waals surface area contributed by atoms with Crippen LogP contribution in [0.15, 0.2) is 18.2 Å². The smallest absolute Gasteiger partial charge is 0.242 e. The largest absolute Gasteiger partial charge is 0.490 e. The van der Waals surface area contributed by atoms with Crippen molar-refractivity contribution in [2.75, 3.05) is 37.4 Å². The Labute approximate surface area is 211 Å². The first-order chi connectivity index (χ1) is 16.9. The fourth-order valence-corrected chi connectivity index (χ4v) is 5.30. The number of thiophene rings is 1. The van der Waals surface area contributed by atoms with Crippen LogP contribution in [0.1, 0.15) is 56.0 Å². The van der Waals surface area contributed by atoms with E-state index in [0.717, 1.165) is 31.2 Å². The van der Waals surface area contributed by atoms with Crippen molar-refractivity contribution < 1.29 is 19.1 Å². The van der Waals surface area contributed by atoms with Crippen LogP contribution in [0.5, 0.6) is 11.5 Å². The highest BCUT2D eigenvalue weighted by atomic mass is 32.1. The van der Waals surface area contributed by atoms with Crippen molar-refractivity contribution in [3.63, 3.8) is 0 Å². The molecule has 1 aromatic heterocycles. The molecule has 8 nitrogen and oxygen atoms in total. The van der Waals surface area contributed by atoms with Gasteiger partial charge in [-0.05, 0) is 71.2 Å².